The largest absolute Gasteiger partial charge is 0.465 e. The minimum atomic E-state index is -0.364. The van der Waals surface area contributed by atoms with Gasteiger partial charge >= 0.3 is 5.97 Å². The Morgan fingerprint density at radius 3 is 3.05 bits per heavy atom. The van der Waals surface area contributed by atoms with E-state index in [1.54, 1.807) is 18.2 Å². The molecule has 0 spiro atoms. The number of para-hydroxylation sites is 1. The van der Waals surface area contributed by atoms with Gasteiger partial charge in [-0.1, -0.05) is 6.07 Å². The standard InChI is InChI=1S/C15H22N2O3/c1-20-15(19)12-5-2-6-13(16)14(12)17-8-3-4-11(10-17)7-9-18/h2,5-6,11,18H,3-4,7-10,16H2,1H3. The molecular formula is C15H22N2O3. The van der Waals surface area contributed by atoms with Crippen molar-refractivity contribution in [2.75, 3.05) is 37.4 Å². The number of methoxy groups -OCH3 is 1. The monoisotopic (exact) mass is 278 g/mol. The van der Waals surface area contributed by atoms with Gasteiger partial charge in [0.15, 0.2) is 0 Å². The van der Waals surface area contributed by atoms with Crippen LogP contribution in [0.5, 0.6) is 0 Å². The van der Waals surface area contributed by atoms with Crippen LogP contribution in [0.3, 0.4) is 0 Å². The molecule has 1 heterocycles. The maximum atomic E-state index is 11.9. The summed E-state index contributed by atoms with van der Waals surface area (Å²) in [6.45, 7) is 1.89. The highest BCUT2D eigenvalue weighted by atomic mass is 16.5. The zero-order valence-corrected chi connectivity index (χ0v) is 11.8. The second-order valence-electron chi connectivity index (χ2n) is 5.20. The molecule has 0 radical (unpaired) electrons. The summed E-state index contributed by atoms with van der Waals surface area (Å²) in [6, 6.07) is 5.31. The Morgan fingerprint density at radius 2 is 2.35 bits per heavy atom. The Morgan fingerprint density at radius 1 is 1.55 bits per heavy atom. The van der Waals surface area contributed by atoms with Crippen LogP contribution in [0, 0.1) is 5.92 Å². The molecule has 20 heavy (non-hydrogen) atoms. The van der Waals surface area contributed by atoms with Crippen molar-refractivity contribution in [3.05, 3.63) is 23.8 Å². The second-order valence-corrected chi connectivity index (χ2v) is 5.20. The number of benzene rings is 1. The first-order valence-electron chi connectivity index (χ1n) is 7.00. The van der Waals surface area contributed by atoms with Gasteiger partial charge < -0.3 is 20.5 Å². The normalized spacial score (nSPS) is 18.9. The number of carbonyl (C=O) groups is 1. The van der Waals surface area contributed by atoms with E-state index in [1.807, 2.05) is 0 Å². The number of aliphatic hydroxyl groups excluding tert-OH is 1. The first-order chi connectivity index (χ1) is 9.67. The molecule has 0 saturated carbocycles. The quantitative estimate of drug-likeness (QED) is 0.647. The number of nitrogens with two attached hydrogens (primary N) is 1. The number of piperidine rings is 1. The van der Waals surface area contributed by atoms with Crippen LogP contribution in [0.1, 0.15) is 29.6 Å². The SMILES string of the molecule is COC(=O)c1cccc(N)c1N1CCCC(CCO)C1. The van der Waals surface area contributed by atoms with Gasteiger partial charge in [-0.25, -0.2) is 4.79 Å². The van der Waals surface area contributed by atoms with E-state index in [4.69, 9.17) is 15.6 Å². The first-order valence-corrected chi connectivity index (χ1v) is 7.00. The molecule has 1 unspecified atom stereocenters. The van der Waals surface area contributed by atoms with Crippen LogP contribution in [-0.4, -0.2) is 37.9 Å². The Bertz CT molecular complexity index is 474. The average Bonchev–Trinajstić information content (AvgIpc) is 2.46. The van der Waals surface area contributed by atoms with Crippen molar-refractivity contribution in [2.24, 2.45) is 5.92 Å². The molecule has 0 aromatic heterocycles. The van der Waals surface area contributed by atoms with Gasteiger partial charge in [0.25, 0.3) is 0 Å². The van der Waals surface area contributed by atoms with Crippen LogP contribution in [0.2, 0.25) is 0 Å². The van der Waals surface area contributed by atoms with E-state index in [-0.39, 0.29) is 12.6 Å². The Balaban J connectivity index is 2.29. The van der Waals surface area contributed by atoms with E-state index in [2.05, 4.69) is 4.90 Å². The molecule has 5 heteroatoms. The summed E-state index contributed by atoms with van der Waals surface area (Å²) >= 11 is 0. The first kappa shape index (κ1) is 14.7. The summed E-state index contributed by atoms with van der Waals surface area (Å²) in [5.41, 5.74) is 7.94. The molecule has 2 rings (SSSR count). The van der Waals surface area contributed by atoms with E-state index in [1.165, 1.54) is 7.11 Å². The lowest BCUT2D eigenvalue weighted by molar-refractivity contribution is 0.0601. The number of rotatable bonds is 4. The summed E-state index contributed by atoms with van der Waals surface area (Å²) in [5, 5.41) is 9.09. The number of aliphatic hydroxyl groups is 1. The van der Waals surface area contributed by atoms with Gasteiger partial charge in [0, 0.05) is 19.7 Å². The van der Waals surface area contributed by atoms with Crippen LogP contribution in [0.4, 0.5) is 11.4 Å². The summed E-state index contributed by atoms with van der Waals surface area (Å²) in [4.78, 5) is 14.0. The molecule has 3 N–H and O–H groups in total. The number of hydrogen-bond acceptors (Lipinski definition) is 5. The van der Waals surface area contributed by atoms with Crippen molar-refractivity contribution >= 4 is 17.3 Å². The number of nitrogens with zero attached hydrogens (tertiary/aromatic N) is 1. The van der Waals surface area contributed by atoms with Crippen molar-refractivity contribution < 1.29 is 14.6 Å². The Labute approximate surface area is 119 Å². The molecule has 0 aliphatic carbocycles. The lowest BCUT2D eigenvalue weighted by atomic mass is 9.94. The van der Waals surface area contributed by atoms with E-state index < -0.39 is 0 Å². The molecule has 110 valence electrons. The van der Waals surface area contributed by atoms with Gasteiger partial charge in [-0.05, 0) is 37.3 Å². The van der Waals surface area contributed by atoms with Crippen molar-refractivity contribution in [2.45, 2.75) is 19.3 Å². The molecule has 1 aromatic rings. The molecule has 1 atom stereocenters. The third-order valence-corrected chi connectivity index (χ3v) is 3.85. The number of nitrogen functional groups attached to an aromatic ring is 1. The molecular weight excluding hydrogens is 256 g/mol. The minimum absolute atomic E-state index is 0.201. The zero-order chi connectivity index (χ0) is 14.5. The topological polar surface area (TPSA) is 75.8 Å². The lowest BCUT2D eigenvalue weighted by Crippen LogP contribution is -2.37. The summed E-state index contributed by atoms with van der Waals surface area (Å²) in [5.74, 6) is 0.0791. The maximum Gasteiger partial charge on any atom is 0.340 e. The van der Waals surface area contributed by atoms with E-state index >= 15 is 0 Å². The fourth-order valence-corrected chi connectivity index (χ4v) is 2.88. The molecule has 1 aliphatic rings. The third-order valence-electron chi connectivity index (χ3n) is 3.85. The van der Waals surface area contributed by atoms with Crippen LogP contribution in [-0.2, 0) is 4.74 Å². The summed E-state index contributed by atoms with van der Waals surface area (Å²) in [7, 11) is 1.38. The highest BCUT2D eigenvalue weighted by Gasteiger charge is 2.25. The number of ether oxygens (including phenoxy) is 1. The third kappa shape index (κ3) is 3.04. The van der Waals surface area contributed by atoms with Gasteiger partial charge in [0.1, 0.15) is 0 Å². The fourth-order valence-electron chi connectivity index (χ4n) is 2.88. The highest BCUT2D eigenvalue weighted by Crippen LogP contribution is 2.32. The molecule has 1 aromatic carbocycles. The lowest BCUT2D eigenvalue weighted by Gasteiger charge is -2.35. The van der Waals surface area contributed by atoms with Gasteiger partial charge in [-0.3, -0.25) is 0 Å². The molecule has 0 bridgehead atoms. The van der Waals surface area contributed by atoms with E-state index in [9.17, 15) is 4.79 Å². The van der Waals surface area contributed by atoms with Crippen LogP contribution in [0.25, 0.3) is 0 Å². The smallest absolute Gasteiger partial charge is 0.340 e. The maximum absolute atomic E-state index is 11.9. The Kier molecular flexibility index (Phi) is 4.84. The predicted molar refractivity (Wildman–Crippen MR) is 78.8 cm³/mol. The molecule has 1 fully saturated rings. The number of hydrogen-bond donors (Lipinski definition) is 2. The Hall–Kier alpha value is -1.75. The van der Waals surface area contributed by atoms with Gasteiger partial charge in [0.2, 0.25) is 0 Å². The second kappa shape index (κ2) is 6.61. The van der Waals surface area contributed by atoms with Crippen LogP contribution >= 0.6 is 0 Å². The summed E-state index contributed by atoms with van der Waals surface area (Å²) in [6.07, 6.45) is 2.94. The van der Waals surface area contributed by atoms with Gasteiger partial charge in [0.05, 0.1) is 24.0 Å². The van der Waals surface area contributed by atoms with E-state index in [0.29, 0.717) is 17.2 Å². The summed E-state index contributed by atoms with van der Waals surface area (Å²) < 4.78 is 4.84. The average molecular weight is 278 g/mol. The number of anilines is 2. The molecule has 1 saturated heterocycles. The fraction of sp³-hybridized carbons (Fsp3) is 0.533. The van der Waals surface area contributed by atoms with E-state index in [0.717, 1.165) is 38.0 Å². The minimum Gasteiger partial charge on any atom is -0.465 e. The zero-order valence-electron chi connectivity index (χ0n) is 11.8. The molecule has 1 aliphatic heterocycles. The van der Waals surface area contributed by atoms with Crippen molar-refractivity contribution in [3.8, 4) is 0 Å². The van der Waals surface area contributed by atoms with Crippen LogP contribution in [0.15, 0.2) is 18.2 Å². The number of carbonyl (C=O) groups excluding carboxylic acids is 1. The highest BCUT2D eigenvalue weighted by molar-refractivity contribution is 5.99. The van der Waals surface area contributed by atoms with Crippen LogP contribution < -0.4 is 10.6 Å². The van der Waals surface area contributed by atoms with Gasteiger partial charge in [-0.2, -0.15) is 0 Å². The molecule has 5 nitrogen and oxygen atoms in total. The van der Waals surface area contributed by atoms with Crippen molar-refractivity contribution in [1.29, 1.82) is 0 Å². The van der Waals surface area contributed by atoms with Crippen molar-refractivity contribution in [3.63, 3.8) is 0 Å². The van der Waals surface area contributed by atoms with Gasteiger partial charge in [-0.15, -0.1) is 0 Å². The van der Waals surface area contributed by atoms with Crippen molar-refractivity contribution in [1.82, 2.24) is 0 Å². The molecule has 0 amide bonds. The number of esters is 1. The predicted octanol–water partition coefficient (Wildman–Crippen LogP) is 1.65.